The first kappa shape index (κ1) is 20.8. The number of benzene rings is 2. The summed E-state index contributed by atoms with van der Waals surface area (Å²) in [5, 5.41) is 2.82. The molecule has 0 bridgehead atoms. The standard InChI is InChI=1S/C18H13F5N2O3S/c19-16(20)28-12-3-1-2-10(6-12)7-15(26)25-17-24-13-5-4-11(8-14(13)29-17)27-9-18(21,22)23/h1-6,8,16H,7,9H2,(H,24,25,26). The average molecular weight is 432 g/mol. The summed E-state index contributed by atoms with van der Waals surface area (Å²) in [4.78, 5) is 16.4. The van der Waals surface area contributed by atoms with E-state index in [4.69, 9.17) is 0 Å². The summed E-state index contributed by atoms with van der Waals surface area (Å²) in [7, 11) is 0. The molecule has 3 aromatic rings. The molecule has 154 valence electrons. The first-order valence-electron chi connectivity index (χ1n) is 8.12. The number of alkyl halides is 5. The van der Waals surface area contributed by atoms with Crippen molar-refractivity contribution in [2.24, 2.45) is 0 Å². The van der Waals surface area contributed by atoms with Crippen LogP contribution in [0.2, 0.25) is 0 Å². The van der Waals surface area contributed by atoms with E-state index < -0.39 is 25.3 Å². The zero-order valence-corrected chi connectivity index (χ0v) is 15.3. The van der Waals surface area contributed by atoms with Gasteiger partial charge >= 0.3 is 12.8 Å². The molecule has 0 atom stereocenters. The van der Waals surface area contributed by atoms with Crippen molar-refractivity contribution in [1.29, 1.82) is 0 Å². The van der Waals surface area contributed by atoms with E-state index >= 15 is 0 Å². The van der Waals surface area contributed by atoms with Crippen LogP contribution in [0.1, 0.15) is 5.56 Å². The number of anilines is 1. The summed E-state index contributed by atoms with van der Waals surface area (Å²) in [5.74, 6) is -0.462. The summed E-state index contributed by atoms with van der Waals surface area (Å²) in [6.07, 6.45) is -4.55. The van der Waals surface area contributed by atoms with Crippen molar-refractivity contribution in [3.8, 4) is 11.5 Å². The van der Waals surface area contributed by atoms with Gasteiger partial charge in [0.15, 0.2) is 11.7 Å². The van der Waals surface area contributed by atoms with E-state index in [2.05, 4.69) is 19.8 Å². The highest BCUT2D eigenvalue weighted by Gasteiger charge is 2.28. The number of carbonyl (C=O) groups is 1. The van der Waals surface area contributed by atoms with E-state index in [-0.39, 0.29) is 23.1 Å². The number of amides is 1. The van der Waals surface area contributed by atoms with Crippen molar-refractivity contribution in [3.05, 3.63) is 48.0 Å². The lowest BCUT2D eigenvalue weighted by Crippen LogP contribution is -2.19. The molecule has 0 aliphatic rings. The van der Waals surface area contributed by atoms with Crippen molar-refractivity contribution in [1.82, 2.24) is 4.98 Å². The first-order valence-corrected chi connectivity index (χ1v) is 8.93. The van der Waals surface area contributed by atoms with Gasteiger partial charge in [-0.1, -0.05) is 23.5 Å². The number of ether oxygens (including phenoxy) is 2. The lowest BCUT2D eigenvalue weighted by molar-refractivity contribution is -0.153. The summed E-state index contributed by atoms with van der Waals surface area (Å²) in [6, 6.07) is 9.99. The van der Waals surface area contributed by atoms with E-state index in [9.17, 15) is 26.7 Å². The molecule has 0 spiro atoms. The van der Waals surface area contributed by atoms with Gasteiger partial charge in [0.25, 0.3) is 0 Å². The van der Waals surface area contributed by atoms with Gasteiger partial charge in [0.2, 0.25) is 5.91 Å². The molecule has 1 N–H and O–H groups in total. The Morgan fingerprint density at radius 1 is 1.14 bits per heavy atom. The van der Waals surface area contributed by atoms with E-state index in [1.54, 1.807) is 6.07 Å². The van der Waals surface area contributed by atoms with Gasteiger partial charge in [0, 0.05) is 0 Å². The number of rotatable bonds is 7. The van der Waals surface area contributed by atoms with Crippen molar-refractivity contribution in [3.63, 3.8) is 0 Å². The molecule has 3 rings (SSSR count). The Morgan fingerprint density at radius 3 is 2.66 bits per heavy atom. The van der Waals surface area contributed by atoms with Crippen LogP contribution in [-0.2, 0) is 11.2 Å². The summed E-state index contributed by atoms with van der Waals surface area (Å²) in [5.41, 5.74) is 0.946. The zero-order valence-electron chi connectivity index (χ0n) is 14.5. The highest BCUT2D eigenvalue weighted by Crippen LogP contribution is 2.30. The quantitative estimate of drug-likeness (QED) is 0.533. The number of nitrogens with zero attached hydrogens (tertiary/aromatic N) is 1. The van der Waals surface area contributed by atoms with Crippen molar-refractivity contribution in [2.45, 2.75) is 19.2 Å². The number of hydrogen-bond donors (Lipinski definition) is 1. The highest BCUT2D eigenvalue weighted by molar-refractivity contribution is 7.22. The second-order valence-corrected chi connectivity index (χ2v) is 6.83. The van der Waals surface area contributed by atoms with Gasteiger partial charge in [0.05, 0.1) is 16.6 Å². The second-order valence-electron chi connectivity index (χ2n) is 5.80. The number of aromatic nitrogens is 1. The maximum atomic E-state index is 12.3. The normalized spacial score (nSPS) is 11.7. The van der Waals surface area contributed by atoms with Crippen LogP contribution in [0.15, 0.2) is 42.5 Å². The van der Waals surface area contributed by atoms with Crippen LogP contribution < -0.4 is 14.8 Å². The van der Waals surface area contributed by atoms with Gasteiger partial charge in [-0.25, -0.2) is 4.98 Å². The molecule has 0 unspecified atom stereocenters. The van der Waals surface area contributed by atoms with Gasteiger partial charge in [-0.05, 0) is 35.9 Å². The Balaban J connectivity index is 1.64. The number of nitrogens with one attached hydrogen (secondary N) is 1. The third-order valence-electron chi connectivity index (χ3n) is 3.50. The molecule has 0 fully saturated rings. The smallest absolute Gasteiger partial charge is 0.422 e. The molecule has 1 heterocycles. The summed E-state index contributed by atoms with van der Waals surface area (Å²) in [6.45, 7) is -4.37. The second kappa shape index (κ2) is 8.60. The highest BCUT2D eigenvalue weighted by atomic mass is 32.1. The van der Waals surface area contributed by atoms with E-state index in [0.717, 1.165) is 11.3 Å². The van der Waals surface area contributed by atoms with Gasteiger partial charge in [-0.15, -0.1) is 0 Å². The van der Waals surface area contributed by atoms with Gasteiger partial charge in [-0.2, -0.15) is 22.0 Å². The molecule has 0 saturated heterocycles. The maximum absolute atomic E-state index is 12.3. The maximum Gasteiger partial charge on any atom is 0.422 e. The molecule has 0 aliphatic carbocycles. The molecule has 2 aromatic carbocycles. The molecule has 1 amide bonds. The predicted molar refractivity (Wildman–Crippen MR) is 96.6 cm³/mol. The number of halogens is 5. The topological polar surface area (TPSA) is 60.5 Å². The fourth-order valence-corrected chi connectivity index (χ4v) is 3.30. The van der Waals surface area contributed by atoms with Crippen molar-refractivity contribution in [2.75, 3.05) is 11.9 Å². The van der Waals surface area contributed by atoms with Crippen LogP contribution in [0.3, 0.4) is 0 Å². The van der Waals surface area contributed by atoms with Gasteiger partial charge < -0.3 is 14.8 Å². The zero-order chi connectivity index (χ0) is 21.0. The minimum atomic E-state index is -4.44. The predicted octanol–water partition coefficient (Wildman–Crippen LogP) is 5.02. The monoisotopic (exact) mass is 432 g/mol. The average Bonchev–Trinajstić information content (AvgIpc) is 3.00. The minimum Gasteiger partial charge on any atom is -0.484 e. The summed E-state index contributed by atoms with van der Waals surface area (Å²) < 4.78 is 70.8. The Bertz CT molecular complexity index is 1010. The van der Waals surface area contributed by atoms with Crippen LogP contribution >= 0.6 is 11.3 Å². The van der Waals surface area contributed by atoms with Gasteiger partial charge in [-0.3, -0.25) is 4.79 Å². The SMILES string of the molecule is O=C(Cc1cccc(OC(F)F)c1)Nc1nc2ccc(OCC(F)(F)F)cc2s1. The van der Waals surface area contributed by atoms with Crippen molar-refractivity contribution < 1.29 is 36.2 Å². The van der Waals surface area contributed by atoms with Crippen LogP contribution in [0, 0.1) is 0 Å². The number of fused-ring (bicyclic) bond motifs is 1. The Kier molecular flexibility index (Phi) is 6.16. The first-order chi connectivity index (χ1) is 13.7. The number of carbonyl (C=O) groups excluding carboxylic acids is 1. The lowest BCUT2D eigenvalue weighted by Gasteiger charge is -2.08. The van der Waals surface area contributed by atoms with Gasteiger partial charge in [0.1, 0.15) is 11.5 Å². The number of thiazole rings is 1. The fraction of sp³-hybridized carbons (Fsp3) is 0.222. The van der Waals surface area contributed by atoms with Crippen LogP contribution in [-0.4, -0.2) is 30.3 Å². The molecule has 11 heteroatoms. The van der Waals surface area contributed by atoms with E-state index in [0.29, 0.717) is 15.8 Å². The summed E-state index contributed by atoms with van der Waals surface area (Å²) >= 11 is 1.07. The molecule has 0 saturated carbocycles. The Morgan fingerprint density at radius 2 is 1.93 bits per heavy atom. The molecular formula is C18H13F5N2O3S. The molecule has 1 aromatic heterocycles. The molecule has 29 heavy (non-hydrogen) atoms. The van der Waals surface area contributed by atoms with Crippen LogP contribution in [0.5, 0.6) is 11.5 Å². The van der Waals surface area contributed by atoms with Crippen molar-refractivity contribution >= 4 is 32.6 Å². The molecule has 0 aliphatic heterocycles. The third kappa shape index (κ3) is 6.28. The Hall–Kier alpha value is -2.95. The minimum absolute atomic E-state index is 0.0344. The number of hydrogen-bond acceptors (Lipinski definition) is 5. The third-order valence-corrected chi connectivity index (χ3v) is 4.43. The molecule has 5 nitrogen and oxygen atoms in total. The molecular weight excluding hydrogens is 419 g/mol. The van der Waals surface area contributed by atoms with E-state index in [1.165, 1.54) is 36.4 Å². The largest absolute Gasteiger partial charge is 0.484 e. The van der Waals surface area contributed by atoms with Crippen LogP contribution in [0.25, 0.3) is 10.2 Å². The Labute approximate surface area is 165 Å². The van der Waals surface area contributed by atoms with E-state index in [1.807, 2.05) is 0 Å². The fourth-order valence-electron chi connectivity index (χ4n) is 2.39. The lowest BCUT2D eigenvalue weighted by atomic mass is 10.1. The van der Waals surface area contributed by atoms with Crippen LogP contribution in [0.4, 0.5) is 27.1 Å². The molecule has 0 radical (unpaired) electrons.